The standard InChI is InChI=1S/C13H30I2N4O4/c1-9-13(5,6)23-17(8)15-11-22-19(21)16(7)14-10-18(20)12(2,3)4/h9-11H2,1-8H3/q-4. The van der Waals surface area contributed by atoms with Crippen LogP contribution in [0.25, 0.3) is 0 Å². The number of nitrogens with zero attached hydrogens (tertiary/aromatic N) is 4. The van der Waals surface area contributed by atoms with Gasteiger partial charge in [-0.25, -0.2) is 0 Å². The molecule has 0 aromatic heterocycles. The van der Waals surface area contributed by atoms with E-state index in [4.69, 9.17) is 9.68 Å². The summed E-state index contributed by atoms with van der Waals surface area (Å²) in [6, 6.07) is 0. The van der Waals surface area contributed by atoms with E-state index in [1.54, 1.807) is 10.3 Å². The molecular formula is C13H30I2N4O4-4. The Morgan fingerprint density at radius 3 is 2.04 bits per heavy atom. The van der Waals surface area contributed by atoms with E-state index < -0.39 is 48.5 Å². The van der Waals surface area contributed by atoms with E-state index in [1.165, 1.54) is 3.22 Å². The topological polar surface area (TPSA) is 77.5 Å². The molecule has 144 valence electrons. The van der Waals surface area contributed by atoms with Crippen LogP contribution in [0.2, 0.25) is 0 Å². The maximum atomic E-state index is 11.8. The van der Waals surface area contributed by atoms with Crippen LogP contribution < -0.4 is 43.0 Å². The quantitative estimate of drug-likeness (QED) is 0.0837. The molecule has 0 unspecified atom stereocenters. The summed E-state index contributed by atoms with van der Waals surface area (Å²) in [6.45, 7) is 11.7. The average molecular weight is 560 g/mol. The van der Waals surface area contributed by atoms with Gasteiger partial charge in [0.05, 0.1) is 0 Å². The number of alkyl halides is 2. The van der Waals surface area contributed by atoms with Crippen LogP contribution >= 0.6 is 0 Å². The van der Waals surface area contributed by atoms with Crippen molar-refractivity contribution in [1.29, 1.82) is 0 Å². The number of hydrazine groups is 1. The average Bonchev–Trinajstić information content (AvgIpc) is 2.42. The molecule has 0 saturated carbocycles. The zero-order valence-electron chi connectivity index (χ0n) is 15.3. The molecule has 0 aromatic rings. The minimum atomic E-state index is -0.741. The molecule has 0 heterocycles. The Labute approximate surface area is 161 Å². The molecule has 0 radical (unpaired) electrons. The Kier molecular flexibility index (Phi) is 11.5. The molecule has 0 spiro atoms. The van der Waals surface area contributed by atoms with Gasteiger partial charge < -0.3 is 0 Å². The van der Waals surface area contributed by atoms with Crippen molar-refractivity contribution in [2.45, 2.75) is 59.1 Å². The van der Waals surface area contributed by atoms with Crippen LogP contribution in [0.4, 0.5) is 0 Å². The first-order valence-electron chi connectivity index (χ1n) is 7.29. The summed E-state index contributed by atoms with van der Waals surface area (Å²) in [4.78, 5) is 11.0. The van der Waals surface area contributed by atoms with Crippen molar-refractivity contribution in [2.24, 2.45) is 0 Å². The fourth-order valence-electron chi connectivity index (χ4n) is 0.990. The van der Waals surface area contributed by atoms with Crippen LogP contribution in [0.5, 0.6) is 0 Å². The number of hydroxylamine groups is 3. The predicted octanol–water partition coefficient (Wildman–Crippen LogP) is -3.86. The molecule has 0 bridgehead atoms. The SMILES string of the molecule is CCC(C)(C)ON(C)[I-]CON([O-])N(C)[I-]CN([O-])C(C)(C)C. The Balaban J connectivity index is 3.99. The fraction of sp³-hybridized carbons (Fsp3) is 1.00. The van der Waals surface area contributed by atoms with Gasteiger partial charge in [-0.2, -0.15) is 0 Å². The first kappa shape index (κ1) is 24.1. The van der Waals surface area contributed by atoms with Crippen LogP contribution in [0.15, 0.2) is 0 Å². The monoisotopic (exact) mass is 560 g/mol. The van der Waals surface area contributed by atoms with Crippen molar-refractivity contribution in [2.75, 3.05) is 23.3 Å². The predicted molar refractivity (Wildman–Crippen MR) is 82.0 cm³/mol. The number of halogens is 2. The maximum absolute atomic E-state index is 11.8. The second-order valence-electron chi connectivity index (χ2n) is 6.45. The van der Waals surface area contributed by atoms with Gasteiger partial charge in [-0.3, -0.25) is 0 Å². The molecule has 0 atom stereocenters. The van der Waals surface area contributed by atoms with Gasteiger partial charge in [-0.15, -0.1) is 0 Å². The van der Waals surface area contributed by atoms with E-state index in [0.29, 0.717) is 14.5 Å². The van der Waals surface area contributed by atoms with Gasteiger partial charge >= 0.3 is 162 Å². The van der Waals surface area contributed by atoms with Gasteiger partial charge in [0.25, 0.3) is 0 Å². The molecule has 0 rings (SSSR count). The Morgan fingerprint density at radius 1 is 1.00 bits per heavy atom. The Hall–Kier alpha value is 1.14. The van der Waals surface area contributed by atoms with E-state index in [1.807, 2.05) is 41.7 Å². The second kappa shape index (κ2) is 11.0. The number of rotatable bonds is 11. The van der Waals surface area contributed by atoms with Crippen LogP contribution in [-0.2, 0) is 9.68 Å². The molecule has 0 aliphatic carbocycles. The molecule has 0 aliphatic rings. The summed E-state index contributed by atoms with van der Waals surface area (Å²) < 4.78 is 3.91. The summed E-state index contributed by atoms with van der Waals surface area (Å²) in [7, 11) is 3.51. The van der Waals surface area contributed by atoms with Gasteiger partial charge in [-0.05, 0) is 0 Å². The number of hydrogen-bond acceptors (Lipinski definition) is 8. The van der Waals surface area contributed by atoms with Crippen molar-refractivity contribution in [3.63, 3.8) is 0 Å². The summed E-state index contributed by atoms with van der Waals surface area (Å²) >= 11 is -1.29. The zero-order valence-corrected chi connectivity index (χ0v) is 19.6. The molecule has 10 heteroatoms. The van der Waals surface area contributed by atoms with Crippen molar-refractivity contribution < 1.29 is 52.6 Å². The molecule has 0 saturated heterocycles. The first-order chi connectivity index (χ1) is 10.4. The van der Waals surface area contributed by atoms with Gasteiger partial charge in [-0.1, -0.05) is 0 Å². The normalized spacial score (nSPS) is 14.2. The summed E-state index contributed by atoms with van der Waals surface area (Å²) in [5, 5.41) is 25.1. The van der Waals surface area contributed by atoms with E-state index in [2.05, 4.69) is 6.92 Å². The van der Waals surface area contributed by atoms with Crippen molar-refractivity contribution >= 4 is 0 Å². The van der Waals surface area contributed by atoms with E-state index in [0.717, 1.165) is 11.5 Å². The van der Waals surface area contributed by atoms with E-state index in [9.17, 15) is 10.4 Å². The van der Waals surface area contributed by atoms with Crippen molar-refractivity contribution in [1.82, 2.24) is 16.9 Å². The van der Waals surface area contributed by atoms with Crippen LogP contribution in [-0.4, -0.2) is 51.3 Å². The molecule has 0 aliphatic heterocycles. The van der Waals surface area contributed by atoms with Gasteiger partial charge in [0, 0.05) is 0 Å². The molecule has 0 aromatic carbocycles. The van der Waals surface area contributed by atoms with E-state index in [-0.39, 0.29) is 5.60 Å². The van der Waals surface area contributed by atoms with Gasteiger partial charge in [0.1, 0.15) is 0 Å². The third-order valence-electron chi connectivity index (χ3n) is 2.91. The van der Waals surface area contributed by atoms with Gasteiger partial charge in [0.2, 0.25) is 0 Å². The van der Waals surface area contributed by atoms with Crippen molar-refractivity contribution in [3.05, 3.63) is 10.4 Å². The molecule has 0 N–H and O–H groups in total. The van der Waals surface area contributed by atoms with Crippen molar-refractivity contribution in [3.8, 4) is 0 Å². The Bertz CT molecular complexity index is 332. The first-order valence-corrected chi connectivity index (χ1v) is 12.3. The zero-order chi connectivity index (χ0) is 18.3. The second-order valence-corrected chi connectivity index (χ2v) is 11.9. The summed E-state index contributed by atoms with van der Waals surface area (Å²) in [5.41, 5.74) is -0.648. The third kappa shape index (κ3) is 11.4. The Morgan fingerprint density at radius 2 is 1.57 bits per heavy atom. The van der Waals surface area contributed by atoms with Crippen LogP contribution in [0, 0.1) is 10.4 Å². The van der Waals surface area contributed by atoms with Crippen LogP contribution in [0.1, 0.15) is 48.0 Å². The molecule has 0 amide bonds. The van der Waals surface area contributed by atoms with E-state index >= 15 is 0 Å². The minimum absolute atomic E-state index is 0.210. The summed E-state index contributed by atoms with van der Waals surface area (Å²) in [6.07, 6.45) is 0.905. The molecule has 23 heavy (non-hydrogen) atoms. The van der Waals surface area contributed by atoms with Gasteiger partial charge in [0.15, 0.2) is 0 Å². The molecular weight excluding hydrogens is 530 g/mol. The summed E-state index contributed by atoms with van der Waals surface area (Å²) in [5.74, 6) is 0. The van der Waals surface area contributed by atoms with Crippen LogP contribution in [0.3, 0.4) is 0 Å². The third-order valence-corrected chi connectivity index (χ3v) is 6.89. The number of hydrogen-bond donors (Lipinski definition) is 0. The molecule has 0 fully saturated rings. The fourth-order valence-corrected chi connectivity index (χ4v) is 4.53. The molecule has 8 nitrogen and oxygen atoms in total.